The maximum absolute atomic E-state index is 4.37. The summed E-state index contributed by atoms with van der Waals surface area (Å²) in [4.78, 5) is 0. The van der Waals surface area contributed by atoms with Crippen LogP contribution in [0.4, 0.5) is 0 Å². The first-order valence-corrected chi connectivity index (χ1v) is 7.47. The van der Waals surface area contributed by atoms with E-state index in [4.69, 9.17) is 0 Å². The molecule has 1 aromatic carbocycles. The van der Waals surface area contributed by atoms with Gasteiger partial charge in [-0.3, -0.25) is 4.68 Å². The third kappa shape index (κ3) is 3.07. The van der Waals surface area contributed by atoms with Crippen molar-refractivity contribution in [1.29, 1.82) is 0 Å². The third-order valence-corrected chi connectivity index (χ3v) is 4.14. The second-order valence-corrected chi connectivity index (χ2v) is 5.43. The summed E-state index contributed by atoms with van der Waals surface area (Å²) in [5.74, 6) is 0. The summed E-state index contributed by atoms with van der Waals surface area (Å²) in [5.41, 5.74) is 3.72. The second-order valence-electron chi connectivity index (χ2n) is 4.57. The predicted octanol–water partition coefficient (Wildman–Crippen LogP) is 3.67. The van der Waals surface area contributed by atoms with Crippen LogP contribution in [0.1, 0.15) is 36.7 Å². The molecule has 0 saturated carbocycles. The van der Waals surface area contributed by atoms with E-state index in [0.29, 0.717) is 0 Å². The van der Waals surface area contributed by atoms with Gasteiger partial charge in [0.05, 0.1) is 11.7 Å². The highest BCUT2D eigenvalue weighted by Crippen LogP contribution is 2.26. The number of rotatable bonds is 5. The van der Waals surface area contributed by atoms with Crippen molar-refractivity contribution in [1.82, 2.24) is 15.1 Å². The van der Waals surface area contributed by atoms with Gasteiger partial charge >= 0.3 is 0 Å². The molecule has 3 nitrogen and oxygen atoms in total. The number of nitrogens with one attached hydrogen (secondary N) is 1. The van der Waals surface area contributed by atoms with Gasteiger partial charge in [0.2, 0.25) is 0 Å². The van der Waals surface area contributed by atoms with Crippen molar-refractivity contribution < 1.29 is 0 Å². The SMILES string of the molecule is CCNC(c1ccc(C)c(Br)c1)c1ccnn1CC. The van der Waals surface area contributed by atoms with Crippen molar-refractivity contribution in [2.45, 2.75) is 33.4 Å². The van der Waals surface area contributed by atoms with Crippen molar-refractivity contribution in [3.05, 3.63) is 51.8 Å². The molecule has 1 unspecified atom stereocenters. The van der Waals surface area contributed by atoms with Crippen molar-refractivity contribution in [2.75, 3.05) is 6.54 Å². The first-order valence-electron chi connectivity index (χ1n) is 6.68. The lowest BCUT2D eigenvalue weighted by Gasteiger charge is -2.20. The summed E-state index contributed by atoms with van der Waals surface area (Å²) in [6, 6.07) is 8.79. The number of halogens is 1. The molecule has 0 aliphatic rings. The fourth-order valence-electron chi connectivity index (χ4n) is 2.24. The molecule has 0 amide bonds. The van der Waals surface area contributed by atoms with Gasteiger partial charge in [-0.1, -0.05) is 35.0 Å². The van der Waals surface area contributed by atoms with E-state index in [9.17, 15) is 0 Å². The molecule has 0 aliphatic carbocycles. The highest BCUT2D eigenvalue weighted by Gasteiger charge is 2.17. The van der Waals surface area contributed by atoms with Crippen LogP contribution in [-0.4, -0.2) is 16.3 Å². The van der Waals surface area contributed by atoms with Crippen molar-refractivity contribution in [3.63, 3.8) is 0 Å². The summed E-state index contributed by atoms with van der Waals surface area (Å²) >= 11 is 3.61. The molecule has 4 heteroatoms. The Morgan fingerprint density at radius 3 is 2.74 bits per heavy atom. The van der Waals surface area contributed by atoms with E-state index < -0.39 is 0 Å². The molecule has 102 valence electrons. The summed E-state index contributed by atoms with van der Waals surface area (Å²) in [5, 5.41) is 7.91. The smallest absolute Gasteiger partial charge is 0.0748 e. The van der Waals surface area contributed by atoms with Crippen LogP contribution in [0, 0.1) is 6.92 Å². The molecule has 0 saturated heterocycles. The molecular formula is C15H20BrN3. The third-order valence-electron chi connectivity index (χ3n) is 3.28. The van der Waals surface area contributed by atoms with Crippen molar-refractivity contribution in [2.24, 2.45) is 0 Å². The van der Waals surface area contributed by atoms with Gasteiger partial charge in [0.25, 0.3) is 0 Å². The number of aromatic nitrogens is 2. The lowest BCUT2D eigenvalue weighted by atomic mass is 10.0. The molecule has 19 heavy (non-hydrogen) atoms. The Hall–Kier alpha value is -1.13. The molecule has 1 atom stereocenters. The number of nitrogens with zero attached hydrogens (tertiary/aromatic N) is 2. The highest BCUT2D eigenvalue weighted by molar-refractivity contribution is 9.10. The fourth-order valence-corrected chi connectivity index (χ4v) is 2.63. The lowest BCUT2D eigenvalue weighted by molar-refractivity contribution is 0.542. The van der Waals surface area contributed by atoms with E-state index in [2.05, 4.69) is 71.4 Å². The second kappa shape index (κ2) is 6.35. The van der Waals surface area contributed by atoms with Gasteiger partial charge in [-0.2, -0.15) is 5.10 Å². The molecule has 0 radical (unpaired) electrons. The van der Waals surface area contributed by atoms with E-state index in [1.807, 2.05) is 10.9 Å². The largest absolute Gasteiger partial charge is 0.305 e. The fraction of sp³-hybridized carbons (Fsp3) is 0.400. The quantitative estimate of drug-likeness (QED) is 0.910. The van der Waals surface area contributed by atoms with Gasteiger partial charge in [0.15, 0.2) is 0 Å². The van der Waals surface area contributed by atoms with E-state index in [1.165, 1.54) is 16.8 Å². The molecule has 0 aliphatic heterocycles. The topological polar surface area (TPSA) is 29.9 Å². The molecule has 0 bridgehead atoms. The van der Waals surface area contributed by atoms with Gasteiger partial charge in [0.1, 0.15) is 0 Å². The lowest BCUT2D eigenvalue weighted by Crippen LogP contribution is -2.24. The number of aryl methyl sites for hydroxylation is 2. The van der Waals surface area contributed by atoms with Crippen LogP contribution in [0.25, 0.3) is 0 Å². The van der Waals surface area contributed by atoms with E-state index in [-0.39, 0.29) is 6.04 Å². The maximum atomic E-state index is 4.37. The van der Waals surface area contributed by atoms with Crippen LogP contribution < -0.4 is 5.32 Å². The van der Waals surface area contributed by atoms with E-state index in [0.717, 1.165) is 17.6 Å². The number of hydrogen-bond acceptors (Lipinski definition) is 2. The van der Waals surface area contributed by atoms with Crippen LogP contribution in [0.2, 0.25) is 0 Å². The van der Waals surface area contributed by atoms with Crippen molar-refractivity contribution in [3.8, 4) is 0 Å². The highest BCUT2D eigenvalue weighted by atomic mass is 79.9. The molecule has 2 aromatic rings. The minimum atomic E-state index is 0.185. The Labute approximate surface area is 123 Å². The van der Waals surface area contributed by atoms with Crippen LogP contribution in [0.5, 0.6) is 0 Å². The summed E-state index contributed by atoms with van der Waals surface area (Å²) in [7, 11) is 0. The Morgan fingerprint density at radius 2 is 2.11 bits per heavy atom. The molecule has 0 fully saturated rings. The van der Waals surface area contributed by atoms with Gasteiger partial charge in [-0.25, -0.2) is 0 Å². The molecule has 0 spiro atoms. The Kier molecular flexibility index (Phi) is 4.77. The zero-order valence-corrected chi connectivity index (χ0v) is 13.2. The van der Waals surface area contributed by atoms with Crippen LogP contribution in [-0.2, 0) is 6.54 Å². The van der Waals surface area contributed by atoms with Crippen molar-refractivity contribution >= 4 is 15.9 Å². The minimum Gasteiger partial charge on any atom is -0.305 e. The van der Waals surface area contributed by atoms with Crippen LogP contribution >= 0.6 is 15.9 Å². The first kappa shape index (κ1) is 14.3. The van der Waals surface area contributed by atoms with Gasteiger partial charge < -0.3 is 5.32 Å². The first-order chi connectivity index (χ1) is 9.17. The average molecular weight is 322 g/mol. The molecular weight excluding hydrogens is 302 g/mol. The van der Waals surface area contributed by atoms with Crippen LogP contribution in [0.3, 0.4) is 0 Å². The zero-order chi connectivity index (χ0) is 13.8. The monoisotopic (exact) mass is 321 g/mol. The number of benzene rings is 1. The normalized spacial score (nSPS) is 12.6. The van der Waals surface area contributed by atoms with Crippen LogP contribution in [0.15, 0.2) is 34.9 Å². The average Bonchev–Trinajstić information content (AvgIpc) is 2.87. The van der Waals surface area contributed by atoms with E-state index >= 15 is 0 Å². The van der Waals surface area contributed by atoms with E-state index in [1.54, 1.807) is 0 Å². The summed E-state index contributed by atoms with van der Waals surface area (Å²) in [6.45, 7) is 8.15. The zero-order valence-electron chi connectivity index (χ0n) is 11.7. The predicted molar refractivity (Wildman–Crippen MR) is 82.3 cm³/mol. The summed E-state index contributed by atoms with van der Waals surface area (Å²) in [6.07, 6.45) is 1.87. The Morgan fingerprint density at radius 1 is 1.32 bits per heavy atom. The van der Waals surface area contributed by atoms with Gasteiger partial charge in [-0.05, 0) is 43.7 Å². The Balaban J connectivity index is 2.42. The molecule has 1 heterocycles. The molecule has 2 rings (SSSR count). The van der Waals surface area contributed by atoms with Gasteiger partial charge in [-0.15, -0.1) is 0 Å². The summed E-state index contributed by atoms with van der Waals surface area (Å²) < 4.78 is 3.19. The standard InChI is InChI=1S/C15H20BrN3/c1-4-17-15(14-8-9-18-19(14)5-2)12-7-6-11(3)13(16)10-12/h6-10,15,17H,4-5H2,1-3H3. The minimum absolute atomic E-state index is 0.185. The van der Waals surface area contributed by atoms with Gasteiger partial charge in [0, 0.05) is 17.2 Å². The Bertz CT molecular complexity index is 548. The molecule has 1 N–H and O–H groups in total. The molecule has 1 aromatic heterocycles. The number of hydrogen-bond donors (Lipinski definition) is 1. The maximum Gasteiger partial charge on any atom is 0.0748 e.